The number of aromatic carboxylic acids is 1. The van der Waals surface area contributed by atoms with Crippen LogP contribution in [0.4, 0.5) is 0 Å². The highest BCUT2D eigenvalue weighted by Crippen LogP contribution is 2.36. The molecule has 0 aliphatic carbocycles. The molecule has 1 aliphatic rings. The van der Waals surface area contributed by atoms with Gasteiger partial charge in [0.2, 0.25) is 0 Å². The molecule has 1 aliphatic heterocycles. The molecule has 0 spiro atoms. The molecule has 1 fully saturated rings. The fraction of sp³-hybridized carbons (Fsp3) is 0.500. The number of carboxylic acids is 1. The third kappa shape index (κ3) is 2.68. The van der Waals surface area contributed by atoms with Gasteiger partial charge in [0, 0.05) is 23.7 Å². The van der Waals surface area contributed by atoms with Gasteiger partial charge in [0.1, 0.15) is 10.7 Å². The highest BCUT2D eigenvalue weighted by molar-refractivity contribution is 7.14. The van der Waals surface area contributed by atoms with E-state index in [0.717, 1.165) is 42.3 Å². The van der Waals surface area contributed by atoms with E-state index in [4.69, 9.17) is 5.11 Å². The Bertz CT molecular complexity index is 704. The molecule has 0 saturated carbocycles. The Balaban J connectivity index is 1.80. The second kappa shape index (κ2) is 5.85. The number of carbonyl (C=O) groups is 1. The van der Waals surface area contributed by atoms with Gasteiger partial charge in [0.05, 0.1) is 12.2 Å². The zero-order valence-electron chi connectivity index (χ0n) is 13.2. The topological polar surface area (TPSA) is 58.4 Å². The largest absolute Gasteiger partial charge is 0.477 e. The van der Waals surface area contributed by atoms with Gasteiger partial charge in [-0.05, 0) is 45.4 Å². The summed E-state index contributed by atoms with van der Waals surface area (Å²) in [5.41, 5.74) is 2.28. The number of hydrogen-bond donors (Lipinski definition) is 1. The third-order valence-electron chi connectivity index (χ3n) is 4.58. The van der Waals surface area contributed by atoms with Crippen molar-refractivity contribution >= 4 is 17.3 Å². The van der Waals surface area contributed by atoms with E-state index in [9.17, 15) is 4.79 Å². The molecule has 1 unspecified atom stereocenters. The van der Waals surface area contributed by atoms with E-state index < -0.39 is 5.97 Å². The van der Waals surface area contributed by atoms with Crippen molar-refractivity contribution in [2.45, 2.75) is 39.3 Å². The van der Waals surface area contributed by atoms with Crippen LogP contribution in [0.1, 0.15) is 50.6 Å². The fourth-order valence-corrected chi connectivity index (χ4v) is 4.11. The molecule has 0 amide bonds. The molecule has 0 bridgehead atoms. The van der Waals surface area contributed by atoms with Crippen LogP contribution < -0.4 is 0 Å². The van der Waals surface area contributed by atoms with Gasteiger partial charge < -0.3 is 9.67 Å². The lowest BCUT2D eigenvalue weighted by atomic mass is 10.2. The molecular formula is C16H21N3O2S. The zero-order chi connectivity index (χ0) is 15.9. The molecule has 3 heterocycles. The maximum absolute atomic E-state index is 11.1. The van der Waals surface area contributed by atoms with Crippen molar-refractivity contribution in [3.05, 3.63) is 39.1 Å². The Morgan fingerprint density at radius 2 is 2.23 bits per heavy atom. The quantitative estimate of drug-likeness (QED) is 0.940. The summed E-state index contributed by atoms with van der Waals surface area (Å²) in [6.45, 7) is 5.98. The lowest BCUT2D eigenvalue weighted by Crippen LogP contribution is -2.24. The number of likely N-dealkylation sites (tertiary alicyclic amines) is 1. The summed E-state index contributed by atoms with van der Waals surface area (Å²) in [5.74, 6) is 0.244. The summed E-state index contributed by atoms with van der Waals surface area (Å²) in [5, 5.41) is 9.10. The fourth-order valence-electron chi connectivity index (χ4n) is 3.09. The minimum Gasteiger partial charge on any atom is -0.477 e. The summed E-state index contributed by atoms with van der Waals surface area (Å²) in [6, 6.07) is 4.00. The first-order chi connectivity index (χ1) is 10.5. The standard InChI is InChI=1S/C16H21N3O2S/c1-10-11(2)18(3)15(17-10)9-19-8-4-5-12(19)13-6-7-14(22-13)16(20)21/h6-7,12H,4-5,8-9H2,1-3H3,(H,20,21). The second-order valence-corrected chi connectivity index (χ2v) is 7.01. The summed E-state index contributed by atoms with van der Waals surface area (Å²) < 4.78 is 2.15. The molecule has 22 heavy (non-hydrogen) atoms. The number of rotatable bonds is 4. The van der Waals surface area contributed by atoms with Gasteiger partial charge in [-0.2, -0.15) is 0 Å². The minimum atomic E-state index is -0.837. The molecule has 3 rings (SSSR count). The van der Waals surface area contributed by atoms with Crippen LogP contribution in [0.15, 0.2) is 12.1 Å². The minimum absolute atomic E-state index is 0.315. The van der Waals surface area contributed by atoms with Crippen molar-refractivity contribution in [3.63, 3.8) is 0 Å². The van der Waals surface area contributed by atoms with Crippen LogP contribution in [0.2, 0.25) is 0 Å². The van der Waals surface area contributed by atoms with Gasteiger partial charge in [-0.25, -0.2) is 9.78 Å². The van der Waals surface area contributed by atoms with Gasteiger partial charge in [-0.1, -0.05) is 0 Å². The maximum Gasteiger partial charge on any atom is 0.345 e. The predicted molar refractivity (Wildman–Crippen MR) is 86.3 cm³/mol. The van der Waals surface area contributed by atoms with E-state index in [1.165, 1.54) is 17.0 Å². The van der Waals surface area contributed by atoms with Crippen LogP contribution in [0, 0.1) is 13.8 Å². The Hall–Kier alpha value is -1.66. The van der Waals surface area contributed by atoms with Gasteiger partial charge in [-0.3, -0.25) is 4.90 Å². The van der Waals surface area contributed by atoms with Crippen LogP contribution in [-0.2, 0) is 13.6 Å². The molecule has 0 radical (unpaired) electrons. The number of nitrogens with zero attached hydrogens (tertiary/aromatic N) is 3. The summed E-state index contributed by atoms with van der Waals surface area (Å²) in [4.78, 5) is 19.7. The molecule has 1 saturated heterocycles. The highest BCUT2D eigenvalue weighted by Gasteiger charge is 2.29. The summed E-state index contributed by atoms with van der Waals surface area (Å²) in [6.07, 6.45) is 2.23. The van der Waals surface area contributed by atoms with Gasteiger partial charge >= 0.3 is 5.97 Å². The highest BCUT2D eigenvalue weighted by atomic mass is 32.1. The first-order valence-corrected chi connectivity index (χ1v) is 8.35. The predicted octanol–water partition coefficient (Wildman–Crippen LogP) is 3.13. The first-order valence-electron chi connectivity index (χ1n) is 7.53. The molecule has 2 aromatic rings. The smallest absolute Gasteiger partial charge is 0.345 e. The van der Waals surface area contributed by atoms with Crippen LogP contribution in [0.3, 0.4) is 0 Å². The monoisotopic (exact) mass is 319 g/mol. The van der Waals surface area contributed by atoms with Crippen LogP contribution in [-0.4, -0.2) is 32.1 Å². The van der Waals surface area contributed by atoms with E-state index in [2.05, 4.69) is 28.4 Å². The zero-order valence-corrected chi connectivity index (χ0v) is 14.0. The molecule has 5 nitrogen and oxygen atoms in total. The summed E-state index contributed by atoms with van der Waals surface area (Å²) in [7, 11) is 2.06. The van der Waals surface area contributed by atoms with Gasteiger partial charge in [0.15, 0.2) is 0 Å². The van der Waals surface area contributed by atoms with E-state index in [-0.39, 0.29) is 0 Å². The molecular weight excluding hydrogens is 298 g/mol. The average Bonchev–Trinajstić information content (AvgIpc) is 3.16. The molecule has 6 heteroatoms. The van der Waals surface area contributed by atoms with Crippen molar-refractivity contribution in [1.82, 2.24) is 14.5 Å². The molecule has 118 valence electrons. The SMILES string of the molecule is Cc1nc(CN2CCCC2c2ccc(C(=O)O)s2)n(C)c1C. The second-order valence-electron chi connectivity index (χ2n) is 5.89. The van der Waals surface area contributed by atoms with Gasteiger partial charge in [-0.15, -0.1) is 11.3 Å². The third-order valence-corrected chi connectivity index (χ3v) is 5.76. The molecule has 1 atom stereocenters. The lowest BCUT2D eigenvalue weighted by molar-refractivity contribution is 0.0702. The number of imidazole rings is 1. The Labute approximate surface area is 134 Å². The van der Waals surface area contributed by atoms with Crippen molar-refractivity contribution in [2.75, 3.05) is 6.54 Å². The van der Waals surface area contributed by atoms with E-state index >= 15 is 0 Å². The van der Waals surface area contributed by atoms with E-state index in [0.29, 0.717) is 10.9 Å². The van der Waals surface area contributed by atoms with Crippen LogP contribution in [0.25, 0.3) is 0 Å². The Morgan fingerprint density at radius 3 is 2.82 bits per heavy atom. The Kier molecular flexibility index (Phi) is 4.06. The normalized spacial score (nSPS) is 19.0. The van der Waals surface area contributed by atoms with E-state index in [1.54, 1.807) is 6.07 Å². The van der Waals surface area contributed by atoms with Crippen molar-refractivity contribution in [2.24, 2.45) is 7.05 Å². The van der Waals surface area contributed by atoms with Gasteiger partial charge in [0.25, 0.3) is 0 Å². The number of aryl methyl sites for hydroxylation is 1. The number of carboxylic acid groups (broad SMARTS) is 1. The maximum atomic E-state index is 11.1. The molecule has 0 aromatic carbocycles. The van der Waals surface area contributed by atoms with Crippen molar-refractivity contribution in [3.8, 4) is 0 Å². The molecule has 2 aromatic heterocycles. The summed E-state index contributed by atoms with van der Waals surface area (Å²) >= 11 is 1.40. The van der Waals surface area contributed by atoms with Crippen molar-refractivity contribution < 1.29 is 9.90 Å². The Morgan fingerprint density at radius 1 is 1.45 bits per heavy atom. The van der Waals surface area contributed by atoms with E-state index in [1.807, 2.05) is 13.0 Å². The average molecular weight is 319 g/mol. The number of hydrogen-bond acceptors (Lipinski definition) is 4. The first kappa shape index (κ1) is 15.2. The number of thiophene rings is 1. The number of aromatic nitrogens is 2. The lowest BCUT2D eigenvalue weighted by Gasteiger charge is -2.23. The molecule has 1 N–H and O–H groups in total. The van der Waals surface area contributed by atoms with Crippen LogP contribution >= 0.6 is 11.3 Å². The van der Waals surface area contributed by atoms with Crippen molar-refractivity contribution in [1.29, 1.82) is 0 Å². The van der Waals surface area contributed by atoms with Crippen LogP contribution in [0.5, 0.6) is 0 Å².